The van der Waals surface area contributed by atoms with Crippen LogP contribution in [0.25, 0.3) is 0 Å². The van der Waals surface area contributed by atoms with Gasteiger partial charge in [0.2, 0.25) is 0 Å². The Morgan fingerprint density at radius 2 is 1.65 bits per heavy atom. The van der Waals surface area contributed by atoms with Crippen molar-refractivity contribution in [1.82, 2.24) is 0 Å². The fourth-order valence-electron chi connectivity index (χ4n) is 1.67. The zero-order valence-corrected chi connectivity index (χ0v) is 11.3. The zero-order valence-electron chi connectivity index (χ0n) is 11.3. The van der Waals surface area contributed by atoms with E-state index in [2.05, 4.69) is 0 Å². The third-order valence-electron chi connectivity index (χ3n) is 2.60. The van der Waals surface area contributed by atoms with Gasteiger partial charge in [0.05, 0.1) is 13.2 Å². The fourth-order valence-corrected chi connectivity index (χ4v) is 1.67. The molecule has 0 aliphatic rings. The maximum absolute atomic E-state index is 13.6. The number of rotatable bonds is 6. The molecule has 0 aliphatic heterocycles. The molecule has 6 heteroatoms. The molecular formula is C14H16F2O4. The molecule has 0 N–H and O–H groups in total. The number of esters is 2. The first-order valence-corrected chi connectivity index (χ1v) is 6.27. The number of hydrogen-bond acceptors (Lipinski definition) is 4. The van der Waals surface area contributed by atoms with E-state index in [0.29, 0.717) is 0 Å². The SMILES string of the molecule is CCOC(=O)C(Cc1cccc(F)c1F)C(=O)OCC. The first-order chi connectivity index (χ1) is 9.51. The second kappa shape index (κ2) is 7.57. The van der Waals surface area contributed by atoms with Gasteiger partial charge in [-0.2, -0.15) is 0 Å². The van der Waals surface area contributed by atoms with Gasteiger partial charge in [0.1, 0.15) is 0 Å². The molecule has 0 unspecified atom stereocenters. The molecule has 1 aromatic carbocycles. The lowest BCUT2D eigenvalue weighted by molar-refractivity contribution is -0.161. The van der Waals surface area contributed by atoms with Crippen molar-refractivity contribution < 1.29 is 27.8 Å². The maximum Gasteiger partial charge on any atom is 0.320 e. The summed E-state index contributed by atoms with van der Waals surface area (Å²) in [6, 6.07) is 3.58. The van der Waals surface area contributed by atoms with Crippen molar-refractivity contribution in [1.29, 1.82) is 0 Å². The number of ether oxygens (including phenoxy) is 2. The van der Waals surface area contributed by atoms with Crippen LogP contribution in [-0.4, -0.2) is 25.2 Å². The molecule has 0 aromatic heterocycles. The minimum Gasteiger partial charge on any atom is -0.465 e. The molecule has 0 amide bonds. The molecule has 110 valence electrons. The van der Waals surface area contributed by atoms with E-state index in [-0.39, 0.29) is 25.2 Å². The third-order valence-corrected chi connectivity index (χ3v) is 2.60. The number of carbonyl (C=O) groups excluding carboxylic acids is 2. The van der Waals surface area contributed by atoms with Gasteiger partial charge in [-0.15, -0.1) is 0 Å². The molecular weight excluding hydrogens is 270 g/mol. The Balaban J connectivity index is 2.96. The van der Waals surface area contributed by atoms with Crippen LogP contribution in [0.15, 0.2) is 18.2 Å². The van der Waals surface area contributed by atoms with Crippen molar-refractivity contribution in [3.05, 3.63) is 35.4 Å². The van der Waals surface area contributed by atoms with Crippen LogP contribution < -0.4 is 0 Å². The van der Waals surface area contributed by atoms with Gasteiger partial charge in [0.25, 0.3) is 0 Å². The van der Waals surface area contributed by atoms with E-state index < -0.39 is 29.5 Å². The molecule has 0 bridgehead atoms. The van der Waals surface area contributed by atoms with Crippen LogP contribution in [0.5, 0.6) is 0 Å². The van der Waals surface area contributed by atoms with Crippen LogP contribution in [0.4, 0.5) is 8.78 Å². The molecule has 0 heterocycles. The van der Waals surface area contributed by atoms with Gasteiger partial charge < -0.3 is 9.47 Å². The summed E-state index contributed by atoms with van der Waals surface area (Å²) >= 11 is 0. The Hall–Kier alpha value is -1.98. The molecule has 0 spiro atoms. The molecule has 0 fully saturated rings. The molecule has 0 aliphatic carbocycles. The van der Waals surface area contributed by atoms with E-state index in [1.165, 1.54) is 12.1 Å². The van der Waals surface area contributed by atoms with Crippen molar-refractivity contribution in [2.45, 2.75) is 20.3 Å². The smallest absolute Gasteiger partial charge is 0.320 e. The summed E-state index contributed by atoms with van der Waals surface area (Å²) in [5, 5.41) is 0. The number of hydrogen-bond donors (Lipinski definition) is 0. The molecule has 1 aromatic rings. The Bertz CT molecular complexity index is 470. The van der Waals surface area contributed by atoms with Gasteiger partial charge >= 0.3 is 11.9 Å². The standard InChI is InChI=1S/C14H16F2O4/c1-3-19-13(17)10(14(18)20-4-2)8-9-6-5-7-11(15)12(9)16/h5-7,10H,3-4,8H2,1-2H3. The van der Waals surface area contributed by atoms with Gasteiger partial charge in [0.15, 0.2) is 17.6 Å². The van der Waals surface area contributed by atoms with Gasteiger partial charge in [-0.3, -0.25) is 9.59 Å². The van der Waals surface area contributed by atoms with Crippen LogP contribution in [-0.2, 0) is 25.5 Å². The summed E-state index contributed by atoms with van der Waals surface area (Å²) in [5.41, 5.74) is -0.0730. The average Bonchev–Trinajstić information content (AvgIpc) is 2.40. The first kappa shape index (κ1) is 16.1. The lowest BCUT2D eigenvalue weighted by Gasteiger charge is -2.14. The van der Waals surface area contributed by atoms with Gasteiger partial charge in [-0.1, -0.05) is 12.1 Å². The van der Waals surface area contributed by atoms with Crippen molar-refractivity contribution in [2.75, 3.05) is 13.2 Å². The summed E-state index contributed by atoms with van der Waals surface area (Å²) in [6.45, 7) is 3.34. The second-order valence-electron chi connectivity index (χ2n) is 3.97. The monoisotopic (exact) mass is 286 g/mol. The van der Waals surface area contributed by atoms with Crippen LogP contribution in [0, 0.1) is 17.6 Å². The Labute approximate surface area is 115 Å². The summed E-state index contributed by atoms with van der Waals surface area (Å²) in [5.74, 6) is -5.03. The fraction of sp³-hybridized carbons (Fsp3) is 0.429. The lowest BCUT2D eigenvalue weighted by Crippen LogP contribution is -2.30. The minimum atomic E-state index is -1.30. The predicted molar refractivity (Wildman–Crippen MR) is 66.8 cm³/mol. The molecule has 0 atom stereocenters. The van der Waals surface area contributed by atoms with Gasteiger partial charge in [-0.25, -0.2) is 8.78 Å². The lowest BCUT2D eigenvalue weighted by atomic mass is 9.99. The first-order valence-electron chi connectivity index (χ1n) is 6.27. The molecule has 0 saturated carbocycles. The van der Waals surface area contributed by atoms with E-state index in [4.69, 9.17) is 9.47 Å². The van der Waals surface area contributed by atoms with E-state index in [9.17, 15) is 18.4 Å². The minimum absolute atomic E-state index is 0.0730. The van der Waals surface area contributed by atoms with Crippen LogP contribution in [0.3, 0.4) is 0 Å². The number of halogens is 2. The van der Waals surface area contributed by atoms with E-state index >= 15 is 0 Å². The highest BCUT2D eigenvalue weighted by molar-refractivity contribution is 5.95. The van der Waals surface area contributed by atoms with E-state index in [1.54, 1.807) is 13.8 Å². The normalized spacial score (nSPS) is 10.4. The summed E-state index contributed by atoms with van der Waals surface area (Å²) in [6.07, 6.45) is -0.304. The quantitative estimate of drug-likeness (QED) is 0.594. The largest absolute Gasteiger partial charge is 0.465 e. The highest BCUT2D eigenvalue weighted by Crippen LogP contribution is 2.18. The molecule has 20 heavy (non-hydrogen) atoms. The van der Waals surface area contributed by atoms with Crippen LogP contribution in [0.1, 0.15) is 19.4 Å². The maximum atomic E-state index is 13.6. The van der Waals surface area contributed by atoms with E-state index in [1.807, 2.05) is 0 Å². The number of carbonyl (C=O) groups is 2. The van der Waals surface area contributed by atoms with Crippen LogP contribution in [0.2, 0.25) is 0 Å². The van der Waals surface area contributed by atoms with Crippen molar-refractivity contribution in [2.24, 2.45) is 5.92 Å². The Morgan fingerprint density at radius 3 is 2.15 bits per heavy atom. The Morgan fingerprint density at radius 1 is 1.10 bits per heavy atom. The Kier molecular flexibility index (Phi) is 6.09. The molecule has 1 rings (SSSR count). The van der Waals surface area contributed by atoms with Crippen LogP contribution >= 0.6 is 0 Å². The van der Waals surface area contributed by atoms with Crippen molar-refractivity contribution in [3.63, 3.8) is 0 Å². The summed E-state index contributed by atoms with van der Waals surface area (Å²) in [4.78, 5) is 23.4. The second-order valence-corrected chi connectivity index (χ2v) is 3.97. The molecule has 0 radical (unpaired) electrons. The van der Waals surface area contributed by atoms with Crippen molar-refractivity contribution >= 4 is 11.9 Å². The number of benzene rings is 1. The van der Waals surface area contributed by atoms with Gasteiger partial charge in [-0.05, 0) is 31.9 Å². The topological polar surface area (TPSA) is 52.6 Å². The highest BCUT2D eigenvalue weighted by Gasteiger charge is 2.31. The van der Waals surface area contributed by atoms with Crippen molar-refractivity contribution in [3.8, 4) is 0 Å². The third kappa shape index (κ3) is 4.01. The average molecular weight is 286 g/mol. The van der Waals surface area contributed by atoms with Gasteiger partial charge in [0, 0.05) is 0 Å². The van der Waals surface area contributed by atoms with E-state index in [0.717, 1.165) is 6.07 Å². The predicted octanol–water partition coefficient (Wildman–Crippen LogP) is 2.25. The molecule has 0 saturated heterocycles. The zero-order chi connectivity index (χ0) is 15.1. The summed E-state index contributed by atoms with van der Waals surface area (Å²) in [7, 11) is 0. The summed E-state index contributed by atoms with van der Waals surface area (Å²) < 4.78 is 36.2. The highest BCUT2D eigenvalue weighted by atomic mass is 19.2. The molecule has 4 nitrogen and oxygen atoms in total.